The number of aromatic nitrogens is 1. The highest BCUT2D eigenvalue weighted by Crippen LogP contribution is 2.17. The molecule has 2 rings (SSSR count). The third-order valence-corrected chi connectivity index (χ3v) is 3.35. The summed E-state index contributed by atoms with van der Waals surface area (Å²) in [5, 5.41) is 0.254. The topological polar surface area (TPSA) is 42.4 Å². The second-order valence-corrected chi connectivity index (χ2v) is 5.14. The van der Waals surface area contributed by atoms with Crippen LogP contribution in [0.5, 0.6) is 0 Å². The summed E-state index contributed by atoms with van der Waals surface area (Å²) in [5.41, 5.74) is 0.853. The molecule has 1 amide bonds. The van der Waals surface area contributed by atoms with Crippen LogP contribution in [0, 0.1) is 5.82 Å². The van der Waals surface area contributed by atoms with Gasteiger partial charge in [0.2, 0.25) is 0 Å². The van der Waals surface area contributed by atoms with Gasteiger partial charge >= 0.3 is 0 Å². The lowest BCUT2D eigenvalue weighted by atomic mass is 10.1. The zero-order valence-corrected chi connectivity index (χ0v) is 12.9. The second kappa shape index (κ2) is 7.87. The van der Waals surface area contributed by atoms with Gasteiger partial charge in [-0.15, -0.1) is 0 Å². The standard InChI is InChI=1S/C16H16ClFN2O2/c1-22-8-7-20(11-12-3-2-6-19-10-12)16(21)14-5-4-13(17)9-15(14)18/h2-6,9-10H,7-8,11H2,1H3. The van der Waals surface area contributed by atoms with Gasteiger partial charge in [0.15, 0.2) is 0 Å². The molecule has 0 aliphatic carbocycles. The highest BCUT2D eigenvalue weighted by Gasteiger charge is 2.19. The number of hydrogen-bond acceptors (Lipinski definition) is 3. The van der Waals surface area contributed by atoms with Gasteiger partial charge in [-0.2, -0.15) is 0 Å². The van der Waals surface area contributed by atoms with Gasteiger partial charge in [-0.1, -0.05) is 17.7 Å². The summed E-state index contributed by atoms with van der Waals surface area (Å²) in [6.45, 7) is 1.05. The maximum atomic E-state index is 13.9. The number of ether oxygens (including phenoxy) is 1. The Morgan fingerprint density at radius 3 is 2.86 bits per heavy atom. The molecule has 0 radical (unpaired) electrons. The molecule has 0 saturated carbocycles. The van der Waals surface area contributed by atoms with Crippen molar-refractivity contribution in [1.29, 1.82) is 0 Å². The van der Waals surface area contributed by atoms with Crippen molar-refractivity contribution in [2.45, 2.75) is 6.54 Å². The van der Waals surface area contributed by atoms with Crippen molar-refractivity contribution < 1.29 is 13.9 Å². The predicted molar refractivity (Wildman–Crippen MR) is 82.3 cm³/mol. The van der Waals surface area contributed by atoms with Gasteiger partial charge in [0.1, 0.15) is 5.82 Å². The van der Waals surface area contributed by atoms with Crippen molar-refractivity contribution in [1.82, 2.24) is 9.88 Å². The number of amides is 1. The van der Waals surface area contributed by atoms with Gasteiger partial charge in [0.25, 0.3) is 5.91 Å². The van der Waals surface area contributed by atoms with Gasteiger partial charge in [0, 0.05) is 37.6 Å². The Morgan fingerprint density at radius 1 is 1.41 bits per heavy atom. The molecule has 4 nitrogen and oxygen atoms in total. The third-order valence-electron chi connectivity index (χ3n) is 3.11. The molecule has 0 unspecified atom stereocenters. The average molecular weight is 323 g/mol. The zero-order valence-electron chi connectivity index (χ0n) is 12.1. The van der Waals surface area contributed by atoms with Crippen LogP contribution in [0.2, 0.25) is 5.02 Å². The monoisotopic (exact) mass is 322 g/mol. The molecule has 1 aromatic heterocycles. The molecule has 2 aromatic rings. The summed E-state index contributed by atoms with van der Waals surface area (Å²) in [5.74, 6) is -1.04. The van der Waals surface area contributed by atoms with Crippen molar-refractivity contribution >= 4 is 17.5 Å². The summed E-state index contributed by atoms with van der Waals surface area (Å²) < 4.78 is 19.0. The molecular weight excluding hydrogens is 307 g/mol. The molecule has 0 bridgehead atoms. The molecule has 0 aliphatic heterocycles. The van der Waals surface area contributed by atoms with E-state index >= 15 is 0 Å². The SMILES string of the molecule is COCCN(Cc1cccnc1)C(=O)c1ccc(Cl)cc1F. The first kappa shape index (κ1) is 16.4. The van der Waals surface area contributed by atoms with Crippen LogP contribution in [0.1, 0.15) is 15.9 Å². The first-order valence-corrected chi connectivity index (χ1v) is 7.12. The van der Waals surface area contributed by atoms with Gasteiger partial charge in [-0.05, 0) is 29.8 Å². The molecule has 1 aromatic carbocycles. The van der Waals surface area contributed by atoms with Crippen LogP contribution in [0.15, 0.2) is 42.7 Å². The number of rotatable bonds is 6. The quantitative estimate of drug-likeness (QED) is 0.820. The molecule has 116 valence electrons. The molecule has 0 spiro atoms. The summed E-state index contributed by atoms with van der Waals surface area (Å²) in [6, 6.07) is 7.67. The first-order valence-electron chi connectivity index (χ1n) is 6.74. The fraction of sp³-hybridized carbons (Fsp3) is 0.250. The molecule has 1 heterocycles. The van der Waals surface area contributed by atoms with Crippen LogP contribution in [0.3, 0.4) is 0 Å². The Kier molecular flexibility index (Phi) is 5.86. The van der Waals surface area contributed by atoms with E-state index in [-0.39, 0.29) is 10.6 Å². The molecule has 0 aliphatic rings. The number of hydrogen-bond donors (Lipinski definition) is 0. The highest BCUT2D eigenvalue weighted by molar-refractivity contribution is 6.30. The van der Waals surface area contributed by atoms with E-state index in [1.54, 1.807) is 25.6 Å². The van der Waals surface area contributed by atoms with E-state index < -0.39 is 11.7 Å². The number of pyridine rings is 1. The second-order valence-electron chi connectivity index (χ2n) is 4.70. The molecule has 0 fully saturated rings. The van der Waals surface area contributed by atoms with E-state index in [1.807, 2.05) is 6.07 Å². The lowest BCUT2D eigenvalue weighted by Crippen LogP contribution is -2.34. The predicted octanol–water partition coefficient (Wildman–Crippen LogP) is 3.16. The third kappa shape index (κ3) is 4.26. The average Bonchev–Trinajstić information content (AvgIpc) is 2.52. The van der Waals surface area contributed by atoms with E-state index in [0.717, 1.165) is 11.6 Å². The minimum Gasteiger partial charge on any atom is -0.383 e. The fourth-order valence-corrected chi connectivity index (χ4v) is 2.16. The number of halogens is 2. The van der Waals surface area contributed by atoms with E-state index in [0.29, 0.717) is 19.7 Å². The smallest absolute Gasteiger partial charge is 0.257 e. The lowest BCUT2D eigenvalue weighted by molar-refractivity contribution is 0.0675. The maximum Gasteiger partial charge on any atom is 0.257 e. The number of benzene rings is 1. The molecule has 22 heavy (non-hydrogen) atoms. The Hall–Kier alpha value is -1.98. The van der Waals surface area contributed by atoms with E-state index in [1.165, 1.54) is 17.0 Å². The van der Waals surface area contributed by atoms with Crippen molar-refractivity contribution in [2.75, 3.05) is 20.3 Å². The van der Waals surface area contributed by atoms with Gasteiger partial charge in [-0.3, -0.25) is 9.78 Å². The van der Waals surface area contributed by atoms with Gasteiger partial charge in [0.05, 0.1) is 12.2 Å². The van der Waals surface area contributed by atoms with Crippen molar-refractivity contribution in [2.24, 2.45) is 0 Å². The summed E-state index contributed by atoms with van der Waals surface area (Å²) in [6.07, 6.45) is 3.33. The molecule has 6 heteroatoms. The van der Waals surface area contributed by atoms with Crippen molar-refractivity contribution in [3.63, 3.8) is 0 Å². The maximum absolute atomic E-state index is 13.9. The number of methoxy groups -OCH3 is 1. The number of nitrogens with zero attached hydrogens (tertiary/aromatic N) is 2. The van der Waals surface area contributed by atoms with E-state index in [4.69, 9.17) is 16.3 Å². The highest BCUT2D eigenvalue weighted by atomic mass is 35.5. The van der Waals surface area contributed by atoms with Crippen LogP contribution in [-0.4, -0.2) is 36.1 Å². The van der Waals surface area contributed by atoms with E-state index in [9.17, 15) is 9.18 Å². The van der Waals surface area contributed by atoms with Crippen LogP contribution in [0.4, 0.5) is 4.39 Å². The first-order chi connectivity index (χ1) is 10.6. The van der Waals surface area contributed by atoms with Crippen molar-refractivity contribution in [3.05, 3.63) is 64.7 Å². The summed E-state index contributed by atoms with van der Waals surface area (Å²) in [7, 11) is 1.55. The summed E-state index contributed by atoms with van der Waals surface area (Å²) in [4.78, 5) is 18.1. The van der Waals surface area contributed by atoms with Crippen LogP contribution >= 0.6 is 11.6 Å². The minimum absolute atomic E-state index is 0.00982. The lowest BCUT2D eigenvalue weighted by Gasteiger charge is -2.22. The van der Waals surface area contributed by atoms with Gasteiger partial charge < -0.3 is 9.64 Å². The van der Waals surface area contributed by atoms with E-state index in [2.05, 4.69) is 4.98 Å². The van der Waals surface area contributed by atoms with Crippen LogP contribution in [-0.2, 0) is 11.3 Å². The Morgan fingerprint density at radius 2 is 2.23 bits per heavy atom. The normalized spacial score (nSPS) is 10.5. The molecule has 0 N–H and O–H groups in total. The fourth-order valence-electron chi connectivity index (χ4n) is 2.00. The Labute approximate surface area is 133 Å². The van der Waals surface area contributed by atoms with Gasteiger partial charge in [-0.25, -0.2) is 4.39 Å². The van der Waals surface area contributed by atoms with Crippen molar-refractivity contribution in [3.8, 4) is 0 Å². The molecule has 0 saturated heterocycles. The number of carbonyl (C=O) groups is 1. The minimum atomic E-state index is -0.633. The molecular formula is C16H16ClFN2O2. The van der Waals surface area contributed by atoms with Crippen LogP contribution in [0.25, 0.3) is 0 Å². The molecule has 0 atom stereocenters. The Balaban J connectivity index is 2.22. The Bertz CT molecular complexity index is 637. The van der Waals surface area contributed by atoms with Crippen LogP contribution < -0.4 is 0 Å². The summed E-state index contributed by atoms with van der Waals surface area (Å²) >= 11 is 5.72. The zero-order chi connectivity index (χ0) is 15.9. The largest absolute Gasteiger partial charge is 0.383 e. The number of carbonyl (C=O) groups excluding carboxylic acids is 1.